The van der Waals surface area contributed by atoms with E-state index in [-0.39, 0.29) is 24.8 Å². The number of aliphatic carboxylic acids is 1. The third-order valence-corrected chi connectivity index (χ3v) is 6.16. The minimum absolute atomic E-state index is 0.0208. The summed E-state index contributed by atoms with van der Waals surface area (Å²) in [6, 6.07) is 8.09. The number of amides is 3. The second-order valence-electron chi connectivity index (χ2n) is 8.81. The number of nitrogens with one attached hydrogen (secondary N) is 3. The predicted octanol–water partition coefficient (Wildman–Crippen LogP) is 3.50. The van der Waals surface area contributed by atoms with Gasteiger partial charge in [0.1, 0.15) is 11.5 Å². The Morgan fingerprint density at radius 1 is 0.974 bits per heavy atom. The van der Waals surface area contributed by atoms with Gasteiger partial charge in [0.15, 0.2) is 5.76 Å². The van der Waals surface area contributed by atoms with Crippen LogP contribution < -0.4 is 20.9 Å². The van der Waals surface area contributed by atoms with Crippen LogP contribution in [0.1, 0.15) is 69.0 Å². The van der Waals surface area contributed by atoms with Gasteiger partial charge in [0, 0.05) is 17.0 Å². The molecule has 1 aromatic carbocycles. The van der Waals surface area contributed by atoms with Crippen LogP contribution in [0.5, 0.6) is 5.75 Å². The van der Waals surface area contributed by atoms with Crippen molar-refractivity contribution in [1.82, 2.24) is 16.1 Å². The molecule has 2 aromatic rings. The van der Waals surface area contributed by atoms with E-state index in [1.54, 1.807) is 43.6 Å². The summed E-state index contributed by atoms with van der Waals surface area (Å²) >= 11 is 0. The van der Waals surface area contributed by atoms with E-state index in [4.69, 9.17) is 19.5 Å². The molecule has 1 aromatic heterocycles. The van der Waals surface area contributed by atoms with Crippen LogP contribution in [-0.4, -0.2) is 47.3 Å². The summed E-state index contributed by atoms with van der Waals surface area (Å²) < 4.78 is 11.2. The normalized spacial score (nSPS) is 12.3. The summed E-state index contributed by atoms with van der Waals surface area (Å²) in [5.41, 5.74) is 2.78. The van der Waals surface area contributed by atoms with Crippen molar-refractivity contribution < 1.29 is 38.6 Å². The number of benzene rings is 1. The average molecular weight is 532 g/mol. The van der Waals surface area contributed by atoms with Gasteiger partial charge in [0.2, 0.25) is 11.8 Å². The van der Waals surface area contributed by atoms with E-state index in [0.29, 0.717) is 42.1 Å². The molecule has 0 spiro atoms. The van der Waals surface area contributed by atoms with Crippen molar-refractivity contribution in [2.75, 3.05) is 13.3 Å². The molecular formula is C27H37N3O8. The Kier molecular flexibility index (Phi) is 12.3. The molecule has 0 aliphatic carbocycles. The third kappa shape index (κ3) is 8.62. The fourth-order valence-corrected chi connectivity index (χ4v) is 4.22. The van der Waals surface area contributed by atoms with Crippen molar-refractivity contribution in [3.05, 3.63) is 41.7 Å². The van der Waals surface area contributed by atoms with Crippen LogP contribution in [0.3, 0.4) is 0 Å². The molecule has 11 nitrogen and oxygen atoms in total. The molecule has 0 fully saturated rings. The van der Waals surface area contributed by atoms with Gasteiger partial charge in [0.25, 0.3) is 5.91 Å². The number of carbonyl (C=O) groups excluding carboxylic acids is 3. The standard InChI is InChI=1S/C27H37N3O8/c1-4-7-8-9-20(19(5-2)26(34)30-36)25(33)28-16-29-27(35)22-13-12-21(38-22)17-10-11-18(15-24(31)32)23(14-17)37-6-3/h10-14,19-20,36H,4-9,15-16H2,1-3H3,(H,28,33)(H,29,35)(H,30,34)(H,31,32)/t19-,20-/m1/s1. The fourth-order valence-electron chi connectivity index (χ4n) is 4.22. The molecule has 0 radical (unpaired) electrons. The van der Waals surface area contributed by atoms with Crippen molar-refractivity contribution in [1.29, 1.82) is 0 Å². The van der Waals surface area contributed by atoms with E-state index in [1.165, 1.54) is 6.07 Å². The number of furan rings is 1. The number of carbonyl (C=O) groups is 4. The van der Waals surface area contributed by atoms with Gasteiger partial charge < -0.3 is 24.9 Å². The lowest BCUT2D eigenvalue weighted by atomic mass is 9.84. The first kappa shape index (κ1) is 30.4. The molecule has 0 bridgehead atoms. The quantitative estimate of drug-likeness (QED) is 0.0949. The first-order valence-corrected chi connectivity index (χ1v) is 12.8. The molecule has 0 saturated heterocycles. The number of carboxylic acids is 1. The van der Waals surface area contributed by atoms with Gasteiger partial charge in [-0.3, -0.25) is 24.4 Å². The zero-order valence-electron chi connectivity index (χ0n) is 22.0. The van der Waals surface area contributed by atoms with E-state index in [2.05, 4.69) is 10.6 Å². The van der Waals surface area contributed by atoms with Crippen LogP contribution in [0.2, 0.25) is 0 Å². The second-order valence-corrected chi connectivity index (χ2v) is 8.81. The SMILES string of the molecule is CCCCC[C@@H](C(=O)NCNC(=O)c1ccc(-c2ccc(CC(=O)O)c(OCC)c2)o1)[C@@H](CC)C(=O)NO. The Labute approximate surface area is 221 Å². The van der Waals surface area contributed by atoms with Gasteiger partial charge in [-0.15, -0.1) is 0 Å². The highest BCUT2D eigenvalue weighted by Crippen LogP contribution is 2.29. The molecule has 0 aliphatic heterocycles. The summed E-state index contributed by atoms with van der Waals surface area (Å²) in [6.07, 6.45) is 3.30. The molecule has 0 saturated carbocycles. The van der Waals surface area contributed by atoms with Crippen LogP contribution in [0, 0.1) is 11.8 Å². The van der Waals surface area contributed by atoms with E-state index >= 15 is 0 Å². The average Bonchev–Trinajstić information content (AvgIpc) is 3.39. The predicted molar refractivity (Wildman–Crippen MR) is 138 cm³/mol. The van der Waals surface area contributed by atoms with Crippen molar-refractivity contribution in [3.8, 4) is 17.1 Å². The Balaban J connectivity index is 2.03. The van der Waals surface area contributed by atoms with Crippen LogP contribution in [-0.2, 0) is 20.8 Å². The number of carboxylic acid groups (broad SMARTS) is 1. The highest BCUT2D eigenvalue weighted by atomic mass is 16.5. The zero-order valence-corrected chi connectivity index (χ0v) is 22.0. The Morgan fingerprint density at radius 3 is 2.37 bits per heavy atom. The maximum Gasteiger partial charge on any atom is 0.307 e. The van der Waals surface area contributed by atoms with E-state index in [9.17, 15) is 19.2 Å². The van der Waals surface area contributed by atoms with Crippen molar-refractivity contribution in [3.63, 3.8) is 0 Å². The van der Waals surface area contributed by atoms with Gasteiger partial charge >= 0.3 is 5.97 Å². The maximum atomic E-state index is 12.8. The number of rotatable bonds is 16. The Morgan fingerprint density at radius 2 is 1.74 bits per heavy atom. The van der Waals surface area contributed by atoms with Gasteiger partial charge in [-0.2, -0.15) is 0 Å². The lowest BCUT2D eigenvalue weighted by Gasteiger charge is -2.24. The molecule has 2 atom stereocenters. The third-order valence-electron chi connectivity index (χ3n) is 6.16. The molecule has 11 heteroatoms. The van der Waals surface area contributed by atoms with E-state index in [1.807, 2.05) is 6.92 Å². The van der Waals surface area contributed by atoms with Crippen LogP contribution >= 0.6 is 0 Å². The minimum Gasteiger partial charge on any atom is -0.494 e. The monoisotopic (exact) mass is 531 g/mol. The molecule has 2 rings (SSSR count). The summed E-state index contributed by atoms with van der Waals surface area (Å²) in [5.74, 6) is -3.03. The Bertz CT molecular complexity index is 1100. The second kappa shape index (κ2) is 15.4. The summed E-state index contributed by atoms with van der Waals surface area (Å²) in [6.45, 7) is 5.79. The number of hydroxylamine groups is 1. The smallest absolute Gasteiger partial charge is 0.307 e. The topological polar surface area (TPSA) is 167 Å². The molecule has 208 valence electrons. The van der Waals surface area contributed by atoms with Gasteiger partial charge in [-0.25, -0.2) is 5.48 Å². The van der Waals surface area contributed by atoms with Crippen molar-refractivity contribution >= 4 is 23.7 Å². The summed E-state index contributed by atoms with van der Waals surface area (Å²) in [4.78, 5) is 48.6. The van der Waals surface area contributed by atoms with Gasteiger partial charge in [-0.05, 0) is 38.0 Å². The van der Waals surface area contributed by atoms with Crippen molar-refractivity contribution in [2.24, 2.45) is 11.8 Å². The molecular weight excluding hydrogens is 494 g/mol. The molecule has 5 N–H and O–H groups in total. The first-order valence-electron chi connectivity index (χ1n) is 12.8. The highest BCUT2D eigenvalue weighted by Gasteiger charge is 2.32. The largest absolute Gasteiger partial charge is 0.494 e. The molecule has 3 amide bonds. The van der Waals surface area contributed by atoms with Crippen LogP contribution in [0.15, 0.2) is 34.7 Å². The molecule has 0 aliphatic rings. The van der Waals surface area contributed by atoms with Gasteiger partial charge in [0.05, 0.1) is 25.6 Å². The minimum atomic E-state index is -0.975. The van der Waals surface area contributed by atoms with Crippen LogP contribution in [0.4, 0.5) is 0 Å². The molecule has 1 heterocycles. The van der Waals surface area contributed by atoms with E-state index in [0.717, 1.165) is 19.3 Å². The zero-order chi connectivity index (χ0) is 28.1. The summed E-state index contributed by atoms with van der Waals surface area (Å²) in [5, 5.41) is 23.4. The Hall–Kier alpha value is -3.86. The lowest BCUT2D eigenvalue weighted by molar-refractivity contribution is -0.140. The maximum absolute atomic E-state index is 12.8. The molecule has 38 heavy (non-hydrogen) atoms. The number of hydrogen-bond donors (Lipinski definition) is 5. The first-order chi connectivity index (χ1) is 18.2. The van der Waals surface area contributed by atoms with Gasteiger partial charge in [-0.1, -0.05) is 45.2 Å². The summed E-state index contributed by atoms with van der Waals surface area (Å²) in [7, 11) is 0. The lowest BCUT2D eigenvalue weighted by Crippen LogP contribution is -2.44. The number of hydrogen-bond acceptors (Lipinski definition) is 7. The fraction of sp³-hybridized carbons (Fsp3) is 0.481. The van der Waals surface area contributed by atoms with Crippen LogP contribution in [0.25, 0.3) is 11.3 Å². The van der Waals surface area contributed by atoms with E-state index < -0.39 is 29.6 Å². The highest BCUT2D eigenvalue weighted by molar-refractivity contribution is 5.92. The van der Waals surface area contributed by atoms with Crippen molar-refractivity contribution in [2.45, 2.75) is 59.3 Å². The number of ether oxygens (including phenoxy) is 1. The number of unbranched alkanes of at least 4 members (excludes halogenated alkanes) is 2. The molecule has 0 unspecified atom stereocenters.